The monoisotopic (exact) mass is 239 g/mol. The highest BCUT2D eigenvalue weighted by Crippen LogP contribution is 2.20. The number of likely N-dealkylation sites (N-methyl/N-ethyl adjacent to an activating group) is 1. The van der Waals surface area contributed by atoms with E-state index in [0.29, 0.717) is 6.04 Å². The van der Waals surface area contributed by atoms with Gasteiger partial charge in [-0.15, -0.1) is 0 Å². The van der Waals surface area contributed by atoms with Crippen molar-refractivity contribution >= 4 is 0 Å². The third-order valence-electron chi connectivity index (χ3n) is 4.49. The number of hydrogen-bond donors (Lipinski definition) is 1. The summed E-state index contributed by atoms with van der Waals surface area (Å²) in [7, 11) is 2.06. The SMILES string of the molecule is CNC(C)CN1CCC(N2CCCCC2)CC1. The molecule has 1 unspecified atom stereocenters. The Morgan fingerprint density at radius 3 is 2.29 bits per heavy atom. The van der Waals surface area contributed by atoms with Gasteiger partial charge >= 0.3 is 0 Å². The van der Waals surface area contributed by atoms with E-state index < -0.39 is 0 Å². The molecule has 2 aliphatic heterocycles. The van der Waals surface area contributed by atoms with Crippen molar-refractivity contribution in [1.82, 2.24) is 15.1 Å². The van der Waals surface area contributed by atoms with Crippen LogP contribution in [0.1, 0.15) is 39.0 Å². The van der Waals surface area contributed by atoms with Gasteiger partial charge < -0.3 is 15.1 Å². The zero-order valence-corrected chi connectivity index (χ0v) is 11.6. The Hall–Kier alpha value is -0.120. The van der Waals surface area contributed by atoms with E-state index in [1.165, 1.54) is 64.8 Å². The molecule has 2 saturated heterocycles. The number of likely N-dealkylation sites (tertiary alicyclic amines) is 2. The first-order valence-electron chi connectivity index (χ1n) is 7.43. The molecule has 0 aliphatic carbocycles. The highest BCUT2D eigenvalue weighted by molar-refractivity contribution is 4.82. The first-order valence-corrected chi connectivity index (χ1v) is 7.43. The normalized spacial score (nSPS) is 27.2. The number of nitrogens with zero attached hydrogens (tertiary/aromatic N) is 2. The maximum Gasteiger partial charge on any atom is 0.0163 e. The lowest BCUT2D eigenvalue weighted by Crippen LogP contribution is -2.48. The van der Waals surface area contributed by atoms with Gasteiger partial charge in [-0.05, 0) is 65.8 Å². The van der Waals surface area contributed by atoms with Gasteiger partial charge in [-0.25, -0.2) is 0 Å². The van der Waals surface area contributed by atoms with Gasteiger partial charge in [0, 0.05) is 18.6 Å². The zero-order chi connectivity index (χ0) is 12.1. The van der Waals surface area contributed by atoms with E-state index in [1.54, 1.807) is 0 Å². The van der Waals surface area contributed by atoms with Crippen LogP contribution in [0.3, 0.4) is 0 Å². The summed E-state index contributed by atoms with van der Waals surface area (Å²) in [5.41, 5.74) is 0. The highest BCUT2D eigenvalue weighted by atomic mass is 15.2. The zero-order valence-electron chi connectivity index (χ0n) is 11.6. The molecule has 17 heavy (non-hydrogen) atoms. The Balaban J connectivity index is 1.70. The Labute approximate surface area is 107 Å². The van der Waals surface area contributed by atoms with Crippen molar-refractivity contribution in [2.75, 3.05) is 39.8 Å². The lowest BCUT2D eigenvalue weighted by Gasteiger charge is -2.40. The van der Waals surface area contributed by atoms with E-state index in [9.17, 15) is 0 Å². The van der Waals surface area contributed by atoms with Crippen molar-refractivity contribution in [3.05, 3.63) is 0 Å². The summed E-state index contributed by atoms with van der Waals surface area (Å²) in [5.74, 6) is 0. The van der Waals surface area contributed by atoms with Crippen LogP contribution in [0.5, 0.6) is 0 Å². The molecule has 2 rings (SSSR count). The molecule has 0 aromatic rings. The van der Waals surface area contributed by atoms with E-state index >= 15 is 0 Å². The fraction of sp³-hybridized carbons (Fsp3) is 1.00. The Bertz CT molecular complexity index is 206. The van der Waals surface area contributed by atoms with Gasteiger partial charge in [0.15, 0.2) is 0 Å². The summed E-state index contributed by atoms with van der Waals surface area (Å²) in [6.45, 7) is 8.80. The topological polar surface area (TPSA) is 18.5 Å². The van der Waals surface area contributed by atoms with Gasteiger partial charge in [0.2, 0.25) is 0 Å². The summed E-state index contributed by atoms with van der Waals surface area (Å²) in [5, 5.41) is 3.33. The molecular weight excluding hydrogens is 210 g/mol. The summed E-state index contributed by atoms with van der Waals surface area (Å²) in [4.78, 5) is 5.38. The van der Waals surface area contributed by atoms with Crippen molar-refractivity contribution in [3.8, 4) is 0 Å². The third-order valence-corrected chi connectivity index (χ3v) is 4.49. The summed E-state index contributed by atoms with van der Waals surface area (Å²) >= 11 is 0. The smallest absolute Gasteiger partial charge is 0.0163 e. The van der Waals surface area contributed by atoms with E-state index in [1.807, 2.05) is 0 Å². The number of nitrogens with one attached hydrogen (secondary N) is 1. The minimum absolute atomic E-state index is 0.626. The fourth-order valence-electron chi connectivity index (χ4n) is 3.23. The van der Waals surface area contributed by atoms with Crippen LogP contribution in [0, 0.1) is 0 Å². The highest BCUT2D eigenvalue weighted by Gasteiger charge is 2.25. The number of hydrogen-bond acceptors (Lipinski definition) is 3. The van der Waals surface area contributed by atoms with Crippen LogP contribution >= 0.6 is 0 Å². The summed E-state index contributed by atoms with van der Waals surface area (Å²) in [6, 6.07) is 1.51. The summed E-state index contributed by atoms with van der Waals surface area (Å²) in [6.07, 6.45) is 7.08. The minimum Gasteiger partial charge on any atom is -0.316 e. The second-order valence-electron chi connectivity index (χ2n) is 5.82. The third kappa shape index (κ3) is 3.94. The average molecular weight is 239 g/mol. The first-order chi connectivity index (χ1) is 8.29. The van der Waals surface area contributed by atoms with Crippen LogP contribution in [-0.2, 0) is 0 Å². The van der Waals surface area contributed by atoms with Gasteiger partial charge in [-0.1, -0.05) is 6.42 Å². The molecule has 0 radical (unpaired) electrons. The Kier molecular flexibility index (Phi) is 5.26. The van der Waals surface area contributed by atoms with E-state index in [-0.39, 0.29) is 0 Å². The van der Waals surface area contributed by atoms with Gasteiger partial charge in [0.05, 0.1) is 0 Å². The van der Waals surface area contributed by atoms with E-state index in [0.717, 1.165) is 6.04 Å². The standard InChI is InChI=1S/C14H29N3/c1-13(15-2)12-16-10-6-14(7-11-16)17-8-4-3-5-9-17/h13-15H,3-12H2,1-2H3. The molecule has 1 atom stereocenters. The molecule has 100 valence electrons. The lowest BCUT2D eigenvalue weighted by atomic mass is 9.99. The van der Waals surface area contributed by atoms with Crippen molar-refractivity contribution in [3.63, 3.8) is 0 Å². The van der Waals surface area contributed by atoms with Crippen LogP contribution in [0.4, 0.5) is 0 Å². The van der Waals surface area contributed by atoms with Crippen molar-refractivity contribution < 1.29 is 0 Å². The van der Waals surface area contributed by atoms with Crippen LogP contribution in [0.2, 0.25) is 0 Å². The van der Waals surface area contributed by atoms with Crippen molar-refractivity contribution in [1.29, 1.82) is 0 Å². The Morgan fingerprint density at radius 1 is 1.06 bits per heavy atom. The average Bonchev–Trinajstić information content (AvgIpc) is 2.40. The number of rotatable bonds is 4. The maximum absolute atomic E-state index is 3.33. The van der Waals surface area contributed by atoms with Crippen LogP contribution in [0.15, 0.2) is 0 Å². The molecule has 0 amide bonds. The number of piperidine rings is 2. The molecule has 2 heterocycles. The molecule has 0 aromatic carbocycles. The predicted molar refractivity (Wildman–Crippen MR) is 73.4 cm³/mol. The quantitative estimate of drug-likeness (QED) is 0.803. The second-order valence-corrected chi connectivity index (χ2v) is 5.82. The van der Waals surface area contributed by atoms with E-state index in [2.05, 4.69) is 29.1 Å². The molecule has 2 aliphatic rings. The van der Waals surface area contributed by atoms with Crippen LogP contribution in [-0.4, -0.2) is 61.7 Å². The fourth-order valence-corrected chi connectivity index (χ4v) is 3.23. The largest absolute Gasteiger partial charge is 0.316 e. The van der Waals surface area contributed by atoms with Crippen molar-refractivity contribution in [2.45, 2.75) is 51.1 Å². The molecule has 0 saturated carbocycles. The van der Waals surface area contributed by atoms with Gasteiger partial charge in [-0.2, -0.15) is 0 Å². The predicted octanol–water partition coefficient (Wildman–Crippen LogP) is 1.54. The molecule has 3 heteroatoms. The molecular formula is C14H29N3. The van der Waals surface area contributed by atoms with E-state index in [4.69, 9.17) is 0 Å². The molecule has 0 bridgehead atoms. The minimum atomic E-state index is 0.626. The van der Waals surface area contributed by atoms with Crippen LogP contribution in [0.25, 0.3) is 0 Å². The molecule has 3 nitrogen and oxygen atoms in total. The van der Waals surface area contributed by atoms with Crippen LogP contribution < -0.4 is 5.32 Å². The molecule has 0 aromatic heterocycles. The molecule has 2 fully saturated rings. The Morgan fingerprint density at radius 2 is 1.71 bits per heavy atom. The first kappa shape index (κ1) is 13.3. The molecule has 0 spiro atoms. The second kappa shape index (κ2) is 6.72. The molecule has 1 N–H and O–H groups in total. The lowest BCUT2D eigenvalue weighted by molar-refractivity contribution is 0.0894. The van der Waals surface area contributed by atoms with Gasteiger partial charge in [0.1, 0.15) is 0 Å². The van der Waals surface area contributed by atoms with Gasteiger partial charge in [-0.3, -0.25) is 0 Å². The van der Waals surface area contributed by atoms with Crippen molar-refractivity contribution in [2.24, 2.45) is 0 Å². The van der Waals surface area contributed by atoms with Gasteiger partial charge in [0.25, 0.3) is 0 Å². The summed E-state index contributed by atoms with van der Waals surface area (Å²) < 4.78 is 0. The maximum atomic E-state index is 3.33.